The minimum atomic E-state index is -0.203. The fraction of sp³-hybridized carbons (Fsp3) is 0.471. The first-order chi connectivity index (χ1) is 9.84. The summed E-state index contributed by atoms with van der Waals surface area (Å²) in [7, 11) is 0. The first-order valence-corrected chi connectivity index (χ1v) is 7.58. The summed E-state index contributed by atoms with van der Waals surface area (Å²) in [6, 6.07) is 10.5. The van der Waals surface area contributed by atoms with Crippen molar-refractivity contribution < 1.29 is 5.11 Å². The van der Waals surface area contributed by atoms with Gasteiger partial charge < -0.3 is 10.4 Å². The van der Waals surface area contributed by atoms with Crippen LogP contribution in [-0.4, -0.2) is 22.2 Å². The molecule has 1 aromatic heterocycles. The molecule has 0 spiro atoms. The molecule has 2 atom stereocenters. The van der Waals surface area contributed by atoms with Crippen molar-refractivity contribution in [1.29, 1.82) is 0 Å². The van der Waals surface area contributed by atoms with Crippen LogP contribution in [-0.2, 0) is 6.54 Å². The van der Waals surface area contributed by atoms with E-state index in [0.717, 1.165) is 31.3 Å². The normalized spacial score (nSPS) is 23.6. The number of hydrogen-bond donors (Lipinski definition) is 2. The Balaban J connectivity index is 1.73. The van der Waals surface area contributed by atoms with Crippen molar-refractivity contribution in [1.82, 2.24) is 10.3 Å². The highest BCUT2D eigenvalue weighted by Crippen LogP contribution is 2.20. The van der Waals surface area contributed by atoms with E-state index in [2.05, 4.69) is 22.4 Å². The van der Waals surface area contributed by atoms with E-state index in [1.165, 1.54) is 23.8 Å². The number of para-hydroxylation sites is 1. The van der Waals surface area contributed by atoms with Gasteiger partial charge in [-0.1, -0.05) is 37.5 Å². The van der Waals surface area contributed by atoms with Gasteiger partial charge in [0.05, 0.1) is 11.6 Å². The number of benzene rings is 1. The summed E-state index contributed by atoms with van der Waals surface area (Å²) in [4.78, 5) is 4.39. The molecule has 1 aromatic carbocycles. The van der Waals surface area contributed by atoms with E-state index in [-0.39, 0.29) is 12.1 Å². The third-order valence-corrected chi connectivity index (χ3v) is 4.27. The number of pyridine rings is 1. The molecule has 0 amide bonds. The second kappa shape index (κ2) is 6.33. The number of nitrogens with one attached hydrogen (secondary N) is 1. The molecular weight excluding hydrogens is 248 g/mol. The topological polar surface area (TPSA) is 45.1 Å². The van der Waals surface area contributed by atoms with E-state index < -0.39 is 0 Å². The van der Waals surface area contributed by atoms with Crippen LogP contribution < -0.4 is 5.32 Å². The number of rotatable bonds is 3. The molecule has 3 nitrogen and oxygen atoms in total. The third kappa shape index (κ3) is 3.00. The lowest BCUT2D eigenvalue weighted by Gasteiger charge is -2.22. The van der Waals surface area contributed by atoms with Crippen LogP contribution in [0.3, 0.4) is 0 Å². The van der Waals surface area contributed by atoms with E-state index in [4.69, 9.17) is 0 Å². The number of aliphatic hydroxyl groups is 1. The van der Waals surface area contributed by atoms with Crippen LogP contribution in [0.15, 0.2) is 36.5 Å². The van der Waals surface area contributed by atoms with Crippen LogP contribution in [0.2, 0.25) is 0 Å². The standard InChI is InChI=1S/C17H22N2O/c20-17-9-3-1-2-8-16(17)19-12-13-10-11-18-15-7-5-4-6-14(13)15/h4-7,10-11,16-17,19-20H,1-3,8-9,12H2. The molecule has 3 heteroatoms. The van der Waals surface area contributed by atoms with Crippen molar-refractivity contribution in [2.45, 2.75) is 50.8 Å². The molecule has 2 unspecified atom stereocenters. The van der Waals surface area contributed by atoms with E-state index in [0.29, 0.717) is 0 Å². The van der Waals surface area contributed by atoms with Gasteiger partial charge in [-0.25, -0.2) is 0 Å². The van der Waals surface area contributed by atoms with Crippen LogP contribution in [0.5, 0.6) is 0 Å². The van der Waals surface area contributed by atoms with Gasteiger partial charge in [-0.15, -0.1) is 0 Å². The van der Waals surface area contributed by atoms with Crippen LogP contribution in [0.25, 0.3) is 10.9 Å². The monoisotopic (exact) mass is 270 g/mol. The van der Waals surface area contributed by atoms with Crippen molar-refractivity contribution in [3.05, 3.63) is 42.1 Å². The summed E-state index contributed by atoms with van der Waals surface area (Å²) >= 11 is 0. The molecule has 0 aliphatic heterocycles. The van der Waals surface area contributed by atoms with Crippen molar-refractivity contribution >= 4 is 10.9 Å². The largest absolute Gasteiger partial charge is 0.392 e. The summed E-state index contributed by atoms with van der Waals surface area (Å²) in [6.07, 6.45) is 7.27. The summed E-state index contributed by atoms with van der Waals surface area (Å²) in [5.41, 5.74) is 2.29. The SMILES string of the molecule is OC1CCCCCC1NCc1ccnc2ccccc12. The maximum atomic E-state index is 10.2. The van der Waals surface area contributed by atoms with Gasteiger partial charge in [-0.05, 0) is 30.5 Å². The van der Waals surface area contributed by atoms with E-state index >= 15 is 0 Å². The number of hydrogen-bond acceptors (Lipinski definition) is 3. The Morgan fingerprint density at radius 1 is 1.10 bits per heavy atom. The van der Waals surface area contributed by atoms with Gasteiger partial charge in [0.15, 0.2) is 0 Å². The molecule has 1 saturated carbocycles. The highest BCUT2D eigenvalue weighted by molar-refractivity contribution is 5.81. The Morgan fingerprint density at radius 3 is 2.90 bits per heavy atom. The highest BCUT2D eigenvalue weighted by atomic mass is 16.3. The second-order valence-electron chi connectivity index (χ2n) is 5.68. The number of nitrogens with zero attached hydrogens (tertiary/aromatic N) is 1. The van der Waals surface area contributed by atoms with Gasteiger partial charge in [0.2, 0.25) is 0 Å². The van der Waals surface area contributed by atoms with Crippen molar-refractivity contribution in [2.24, 2.45) is 0 Å². The van der Waals surface area contributed by atoms with Gasteiger partial charge in [-0.3, -0.25) is 4.98 Å². The average molecular weight is 270 g/mol. The number of fused-ring (bicyclic) bond motifs is 1. The van der Waals surface area contributed by atoms with Gasteiger partial charge in [0.1, 0.15) is 0 Å². The molecule has 20 heavy (non-hydrogen) atoms. The summed E-state index contributed by atoms with van der Waals surface area (Å²) < 4.78 is 0. The van der Waals surface area contributed by atoms with Gasteiger partial charge >= 0.3 is 0 Å². The Bertz CT molecular complexity index is 564. The molecule has 0 bridgehead atoms. The average Bonchev–Trinajstić information content (AvgIpc) is 2.69. The van der Waals surface area contributed by atoms with Crippen molar-refractivity contribution in [3.63, 3.8) is 0 Å². The quantitative estimate of drug-likeness (QED) is 0.843. The molecule has 1 fully saturated rings. The van der Waals surface area contributed by atoms with Crippen molar-refractivity contribution in [3.8, 4) is 0 Å². The summed E-state index contributed by atoms with van der Waals surface area (Å²) in [5, 5.41) is 14.9. The third-order valence-electron chi connectivity index (χ3n) is 4.27. The van der Waals surface area contributed by atoms with Crippen LogP contribution in [0.4, 0.5) is 0 Å². The highest BCUT2D eigenvalue weighted by Gasteiger charge is 2.20. The Labute approximate surface area is 120 Å². The summed E-state index contributed by atoms with van der Waals surface area (Å²) in [6.45, 7) is 0.796. The summed E-state index contributed by atoms with van der Waals surface area (Å²) in [5.74, 6) is 0. The first-order valence-electron chi connectivity index (χ1n) is 7.58. The minimum Gasteiger partial charge on any atom is -0.392 e. The molecule has 106 valence electrons. The van der Waals surface area contributed by atoms with Gasteiger partial charge in [0.25, 0.3) is 0 Å². The second-order valence-corrected chi connectivity index (χ2v) is 5.68. The lowest BCUT2D eigenvalue weighted by Crippen LogP contribution is -2.38. The van der Waals surface area contributed by atoms with Crippen LogP contribution in [0.1, 0.15) is 37.7 Å². The predicted octanol–water partition coefficient (Wildman–Crippen LogP) is 3.02. The van der Waals surface area contributed by atoms with Crippen molar-refractivity contribution in [2.75, 3.05) is 0 Å². The molecule has 1 aliphatic carbocycles. The zero-order valence-corrected chi connectivity index (χ0v) is 11.8. The molecular formula is C17H22N2O. The van der Waals surface area contributed by atoms with Gasteiger partial charge in [0, 0.05) is 24.2 Å². The van der Waals surface area contributed by atoms with E-state index in [9.17, 15) is 5.11 Å². The predicted molar refractivity (Wildman–Crippen MR) is 81.5 cm³/mol. The van der Waals surface area contributed by atoms with E-state index in [1.807, 2.05) is 24.4 Å². The molecule has 1 heterocycles. The smallest absolute Gasteiger partial charge is 0.0705 e. The molecule has 0 saturated heterocycles. The van der Waals surface area contributed by atoms with E-state index in [1.54, 1.807) is 0 Å². The Morgan fingerprint density at radius 2 is 1.95 bits per heavy atom. The molecule has 3 rings (SSSR count). The Kier molecular flexibility index (Phi) is 4.28. The fourth-order valence-corrected chi connectivity index (χ4v) is 3.08. The maximum absolute atomic E-state index is 10.2. The molecule has 2 aromatic rings. The molecule has 2 N–H and O–H groups in total. The van der Waals surface area contributed by atoms with Gasteiger partial charge in [-0.2, -0.15) is 0 Å². The zero-order valence-electron chi connectivity index (χ0n) is 11.8. The lowest BCUT2D eigenvalue weighted by molar-refractivity contribution is 0.119. The van der Waals surface area contributed by atoms with Crippen LogP contribution >= 0.6 is 0 Å². The van der Waals surface area contributed by atoms with Crippen LogP contribution in [0, 0.1) is 0 Å². The fourth-order valence-electron chi connectivity index (χ4n) is 3.08. The lowest BCUT2D eigenvalue weighted by atomic mass is 10.0. The number of aromatic nitrogens is 1. The number of aliphatic hydroxyl groups excluding tert-OH is 1. The Hall–Kier alpha value is -1.45. The first kappa shape index (κ1) is 13.5. The molecule has 1 aliphatic rings. The molecule has 0 radical (unpaired) electrons. The zero-order chi connectivity index (χ0) is 13.8. The minimum absolute atomic E-state index is 0.203. The maximum Gasteiger partial charge on any atom is 0.0705 e.